The number of hydrogen-bond donors (Lipinski definition) is 0. The van der Waals surface area contributed by atoms with Gasteiger partial charge in [-0.3, -0.25) is 0 Å². The first-order valence-corrected chi connectivity index (χ1v) is 9.31. The van der Waals surface area contributed by atoms with Crippen LogP contribution in [0.5, 0.6) is 5.75 Å². The van der Waals surface area contributed by atoms with Crippen molar-refractivity contribution in [1.29, 1.82) is 0 Å². The van der Waals surface area contributed by atoms with E-state index in [9.17, 15) is 0 Å². The van der Waals surface area contributed by atoms with Crippen LogP contribution in [0.3, 0.4) is 0 Å². The quantitative estimate of drug-likeness (QED) is 0.411. The molecular weight excluding hydrogens is 346 g/mol. The molecule has 0 aliphatic carbocycles. The summed E-state index contributed by atoms with van der Waals surface area (Å²) in [6.07, 6.45) is 1.85. The van der Waals surface area contributed by atoms with E-state index in [-0.39, 0.29) is 0 Å². The topological polar surface area (TPSA) is 39.4 Å². The van der Waals surface area contributed by atoms with E-state index in [2.05, 4.69) is 12.1 Å². The molecule has 1 heterocycles. The number of ether oxygens (including phenoxy) is 1. The lowest BCUT2D eigenvalue weighted by atomic mass is 10.2. The number of benzene rings is 3. The maximum absolute atomic E-state index is 5.49. The van der Waals surface area contributed by atoms with Crippen LogP contribution in [0.15, 0.2) is 96.0 Å². The highest BCUT2D eigenvalue weighted by Gasteiger charge is 2.10. The molecule has 4 heteroatoms. The van der Waals surface area contributed by atoms with Crippen LogP contribution in [-0.4, -0.2) is 22.6 Å². The minimum absolute atomic E-state index is 0.659. The van der Waals surface area contributed by atoms with Crippen molar-refractivity contribution in [2.75, 3.05) is 6.61 Å². The molecule has 0 spiro atoms. The lowest BCUT2D eigenvalue weighted by molar-refractivity contribution is 0.340. The van der Waals surface area contributed by atoms with Crippen molar-refractivity contribution in [3.05, 3.63) is 96.6 Å². The van der Waals surface area contributed by atoms with Gasteiger partial charge in [0, 0.05) is 17.8 Å². The van der Waals surface area contributed by atoms with E-state index in [0.717, 1.165) is 34.1 Å². The summed E-state index contributed by atoms with van der Waals surface area (Å²) in [5.74, 6) is 1.64. The Balaban J connectivity index is 1.69. The summed E-state index contributed by atoms with van der Waals surface area (Å²) >= 11 is 0. The van der Waals surface area contributed by atoms with E-state index in [0.29, 0.717) is 6.61 Å². The minimum atomic E-state index is 0.659. The average molecular weight is 367 g/mol. The predicted octanol–water partition coefficient (Wildman–Crippen LogP) is 5.69. The minimum Gasteiger partial charge on any atom is -0.494 e. The van der Waals surface area contributed by atoms with Gasteiger partial charge in [-0.25, -0.2) is 9.67 Å². The SMILES string of the molecule is CCOc1ccc(/C=N/c2cc(-c3ccccc3)nn2-c2ccccc2)cc1. The fourth-order valence-corrected chi connectivity index (χ4v) is 2.93. The molecule has 4 nitrogen and oxygen atoms in total. The second-order valence-corrected chi connectivity index (χ2v) is 6.26. The maximum atomic E-state index is 5.49. The number of para-hydroxylation sites is 1. The predicted molar refractivity (Wildman–Crippen MR) is 114 cm³/mol. The Morgan fingerprint density at radius 2 is 1.57 bits per heavy atom. The summed E-state index contributed by atoms with van der Waals surface area (Å²) in [6, 6.07) is 30.1. The van der Waals surface area contributed by atoms with Crippen LogP contribution in [0.25, 0.3) is 16.9 Å². The normalized spacial score (nSPS) is 11.0. The Morgan fingerprint density at radius 1 is 0.893 bits per heavy atom. The van der Waals surface area contributed by atoms with Crippen LogP contribution in [0.2, 0.25) is 0 Å². The molecule has 0 atom stereocenters. The van der Waals surface area contributed by atoms with Gasteiger partial charge >= 0.3 is 0 Å². The monoisotopic (exact) mass is 367 g/mol. The van der Waals surface area contributed by atoms with Crippen LogP contribution in [0, 0.1) is 0 Å². The number of rotatable bonds is 6. The van der Waals surface area contributed by atoms with E-state index in [1.54, 1.807) is 0 Å². The summed E-state index contributed by atoms with van der Waals surface area (Å²) < 4.78 is 7.36. The molecule has 0 saturated heterocycles. The molecule has 0 aliphatic heterocycles. The molecule has 4 rings (SSSR count). The molecule has 0 aliphatic rings. The van der Waals surface area contributed by atoms with Crippen LogP contribution < -0.4 is 4.74 Å². The standard InChI is InChI=1S/C24H21N3O/c1-2-28-22-15-13-19(14-16-22)18-25-24-17-23(20-9-5-3-6-10-20)26-27(24)21-11-7-4-8-12-21/h3-18H,2H2,1H3/b25-18+. The lowest BCUT2D eigenvalue weighted by Gasteiger charge is -2.04. The summed E-state index contributed by atoms with van der Waals surface area (Å²) in [7, 11) is 0. The van der Waals surface area contributed by atoms with Gasteiger partial charge in [0.2, 0.25) is 0 Å². The number of hydrogen-bond acceptors (Lipinski definition) is 3. The third-order valence-corrected chi connectivity index (χ3v) is 4.30. The third-order valence-electron chi connectivity index (χ3n) is 4.30. The largest absolute Gasteiger partial charge is 0.494 e. The fourth-order valence-electron chi connectivity index (χ4n) is 2.93. The zero-order chi connectivity index (χ0) is 19.2. The van der Waals surface area contributed by atoms with Crippen molar-refractivity contribution in [3.63, 3.8) is 0 Å². The molecule has 0 N–H and O–H groups in total. The van der Waals surface area contributed by atoms with Crippen molar-refractivity contribution in [1.82, 2.24) is 9.78 Å². The second-order valence-electron chi connectivity index (χ2n) is 6.26. The van der Waals surface area contributed by atoms with Crippen LogP contribution in [-0.2, 0) is 0 Å². The molecule has 0 fully saturated rings. The highest BCUT2D eigenvalue weighted by atomic mass is 16.5. The molecule has 1 aromatic heterocycles. The summed E-state index contributed by atoms with van der Waals surface area (Å²) in [5, 5.41) is 4.78. The second kappa shape index (κ2) is 8.35. The number of aliphatic imine (C=N–C) groups is 1. The van der Waals surface area contributed by atoms with Crippen LogP contribution in [0.1, 0.15) is 12.5 Å². The average Bonchev–Trinajstić information content (AvgIpc) is 3.19. The molecule has 0 amide bonds. The first-order chi connectivity index (χ1) is 13.8. The van der Waals surface area contributed by atoms with E-state index in [4.69, 9.17) is 14.8 Å². The van der Waals surface area contributed by atoms with Crippen LogP contribution in [0.4, 0.5) is 5.82 Å². The van der Waals surface area contributed by atoms with Gasteiger partial charge in [-0.1, -0.05) is 48.5 Å². The van der Waals surface area contributed by atoms with Gasteiger partial charge in [0.1, 0.15) is 5.75 Å². The number of aromatic nitrogens is 2. The van der Waals surface area contributed by atoms with E-state index < -0.39 is 0 Å². The smallest absolute Gasteiger partial charge is 0.156 e. The van der Waals surface area contributed by atoms with Crippen molar-refractivity contribution in [2.24, 2.45) is 4.99 Å². The van der Waals surface area contributed by atoms with Crippen molar-refractivity contribution < 1.29 is 4.74 Å². The van der Waals surface area contributed by atoms with Crippen molar-refractivity contribution in [2.45, 2.75) is 6.92 Å². The first-order valence-electron chi connectivity index (χ1n) is 9.31. The zero-order valence-electron chi connectivity index (χ0n) is 15.7. The van der Waals surface area contributed by atoms with Gasteiger partial charge in [-0.2, -0.15) is 5.10 Å². The lowest BCUT2D eigenvalue weighted by Crippen LogP contribution is -1.96. The molecule has 0 unspecified atom stereocenters. The fraction of sp³-hybridized carbons (Fsp3) is 0.0833. The molecule has 0 radical (unpaired) electrons. The molecule has 0 bridgehead atoms. The maximum Gasteiger partial charge on any atom is 0.156 e. The van der Waals surface area contributed by atoms with Gasteiger partial charge in [0.05, 0.1) is 18.0 Å². The first kappa shape index (κ1) is 17.7. The van der Waals surface area contributed by atoms with Gasteiger partial charge < -0.3 is 4.74 Å². The summed E-state index contributed by atoms with van der Waals surface area (Å²) in [4.78, 5) is 4.71. The molecule has 0 saturated carbocycles. The van der Waals surface area contributed by atoms with Gasteiger partial charge in [0.25, 0.3) is 0 Å². The summed E-state index contributed by atoms with van der Waals surface area (Å²) in [5.41, 5.74) is 3.94. The molecule has 28 heavy (non-hydrogen) atoms. The van der Waals surface area contributed by atoms with Crippen molar-refractivity contribution >= 4 is 12.0 Å². The van der Waals surface area contributed by atoms with E-state index in [1.807, 2.05) is 96.7 Å². The Kier molecular flexibility index (Phi) is 5.29. The van der Waals surface area contributed by atoms with Crippen molar-refractivity contribution in [3.8, 4) is 22.7 Å². The van der Waals surface area contributed by atoms with Gasteiger partial charge in [-0.15, -0.1) is 0 Å². The Bertz CT molecular complexity index is 1050. The zero-order valence-corrected chi connectivity index (χ0v) is 15.7. The summed E-state index contributed by atoms with van der Waals surface area (Å²) in [6.45, 7) is 2.64. The Labute approximate surface area is 164 Å². The van der Waals surface area contributed by atoms with E-state index in [1.165, 1.54) is 0 Å². The molecule has 138 valence electrons. The van der Waals surface area contributed by atoms with Gasteiger partial charge in [0.15, 0.2) is 5.82 Å². The van der Waals surface area contributed by atoms with E-state index >= 15 is 0 Å². The van der Waals surface area contributed by atoms with Gasteiger partial charge in [-0.05, 0) is 48.9 Å². The Morgan fingerprint density at radius 3 is 2.25 bits per heavy atom. The van der Waals surface area contributed by atoms with Crippen LogP contribution >= 0.6 is 0 Å². The number of nitrogens with zero attached hydrogens (tertiary/aromatic N) is 3. The highest BCUT2D eigenvalue weighted by molar-refractivity contribution is 5.82. The molecule has 3 aromatic carbocycles. The molecular formula is C24H21N3O. The molecule has 4 aromatic rings. The highest BCUT2D eigenvalue weighted by Crippen LogP contribution is 2.26. The Hall–Kier alpha value is -3.66. The third kappa shape index (κ3) is 4.01.